The molecule has 1 heterocycles. The lowest BCUT2D eigenvalue weighted by Gasteiger charge is -2.21. The van der Waals surface area contributed by atoms with Crippen LogP contribution in [0.4, 0.5) is 10.1 Å². The zero-order valence-corrected chi connectivity index (χ0v) is 17.7. The SMILES string of the molecule is C=CCN(C(=O)COC(=O)c1nn(-c2ccc(F)cc2)c2c1CCCC2)c1ccccc1. The Labute approximate surface area is 185 Å². The number of halogens is 1. The number of esters is 1. The van der Waals surface area contributed by atoms with Crippen LogP contribution in [0.5, 0.6) is 0 Å². The van der Waals surface area contributed by atoms with Crippen LogP contribution in [-0.2, 0) is 22.4 Å². The molecule has 164 valence electrons. The van der Waals surface area contributed by atoms with E-state index < -0.39 is 12.6 Å². The predicted octanol–water partition coefficient (Wildman–Crippen LogP) is 4.27. The number of nitrogens with zero attached hydrogens (tertiary/aromatic N) is 3. The highest BCUT2D eigenvalue weighted by atomic mass is 19.1. The molecule has 1 amide bonds. The Morgan fingerprint density at radius 1 is 1.09 bits per heavy atom. The van der Waals surface area contributed by atoms with Crippen LogP contribution in [0.2, 0.25) is 0 Å². The Hall–Kier alpha value is -3.74. The number of benzene rings is 2. The third-order valence-electron chi connectivity index (χ3n) is 5.45. The molecule has 0 saturated carbocycles. The second-order valence-corrected chi connectivity index (χ2v) is 7.57. The van der Waals surface area contributed by atoms with Gasteiger partial charge in [-0.2, -0.15) is 5.10 Å². The second kappa shape index (κ2) is 9.60. The topological polar surface area (TPSA) is 64.4 Å². The van der Waals surface area contributed by atoms with Gasteiger partial charge in [-0.05, 0) is 62.1 Å². The molecule has 0 N–H and O–H groups in total. The third kappa shape index (κ3) is 4.46. The molecule has 0 bridgehead atoms. The van der Waals surface area contributed by atoms with Crippen LogP contribution in [0.3, 0.4) is 0 Å². The van der Waals surface area contributed by atoms with E-state index in [2.05, 4.69) is 11.7 Å². The fourth-order valence-electron chi connectivity index (χ4n) is 3.92. The van der Waals surface area contributed by atoms with Crippen LogP contribution in [0.25, 0.3) is 5.69 Å². The minimum Gasteiger partial charge on any atom is -0.451 e. The number of carbonyl (C=O) groups is 2. The van der Waals surface area contributed by atoms with Crippen molar-refractivity contribution in [3.63, 3.8) is 0 Å². The van der Waals surface area contributed by atoms with E-state index in [0.29, 0.717) is 24.3 Å². The fourth-order valence-corrected chi connectivity index (χ4v) is 3.92. The summed E-state index contributed by atoms with van der Waals surface area (Å²) in [6.45, 7) is 3.60. The quantitative estimate of drug-likeness (QED) is 0.412. The molecule has 1 aliphatic carbocycles. The number of rotatable bonds is 7. The molecule has 3 aromatic rings. The zero-order chi connectivity index (χ0) is 22.5. The number of hydrogen-bond donors (Lipinski definition) is 0. The first-order valence-corrected chi connectivity index (χ1v) is 10.6. The van der Waals surface area contributed by atoms with Crippen molar-refractivity contribution in [3.05, 3.63) is 90.0 Å². The van der Waals surface area contributed by atoms with Crippen LogP contribution in [0.1, 0.15) is 34.6 Å². The first-order chi connectivity index (χ1) is 15.6. The minimum absolute atomic E-state index is 0.215. The number of para-hydroxylation sites is 1. The first kappa shape index (κ1) is 21.5. The van der Waals surface area contributed by atoms with Gasteiger partial charge in [0.1, 0.15) is 5.82 Å². The van der Waals surface area contributed by atoms with Crippen molar-refractivity contribution in [3.8, 4) is 5.69 Å². The molecule has 1 aromatic heterocycles. The van der Waals surface area contributed by atoms with Gasteiger partial charge in [0.25, 0.3) is 5.91 Å². The lowest BCUT2D eigenvalue weighted by atomic mass is 9.95. The number of amides is 1. The molecular weight excluding hydrogens is 409 g/mol. The first-order valence-electron chi connectivity index (χ1n) is 10.6. The van der Waals surface area contributed by atoms with E-state index in [1.54, 1.807) is 22.9 Å². The summed E-state index contributed by atoms with van der Waals surface area (Å²) in [7, 11) is 0. The molecule has 1 aliphatic rings. The molecule has 0 unspecified atom stereocenters. The summed E-state index contributed by atoms with van der Waals surface area (Å²) in [6.07, 6.45) is 5.03. The van der Waals surface area contributed by atoms with Crippen LogP contribution in [0, 0.1) is 5.82 Å². The Morgan fingerprint density at radius 3 is 2.53 bits per heavy atom. The Morgan fingerprint density at radius 2 is 1.81 bits per heavy atom. The number of fused-ring (bicyclic) bond motifs is 1. The molecule has 0 spiro atoms. The third-order valence-corrected chi connectivity index (χ3v) is 5.45. The lowest BCUT2D eigenvalue weighted by Crippen LogP contribution is -2.35. The molecule has 4 rings (SSSR count). The van der Waals surface area contributed by atoms with Gasteiger partial charge in [-0.3, -0.25) is 4.79 Å². The van der Waals surface area contributed by atoms with E-state index in [-0.39, 0.29) is 17.4 Å². The summed E-state index contributed by atoms with van der Waals surface area (Å²) in [5.74, 6) is -1.32. The van der Waals surface area contributed by atoms with Gasteiger partial charge < -0.3 is 9.64 Å². The Bertz CT molecular complexity index is 1120. The van der Waals surface area contributed by atoms with Crippen LogP contribution >= 0.6 is 0 Å². The Balaban J connectivity index is 1.54. The highest BCUT2D eigenvalue weighted by Crippen LogP contribution is 2.27. The standard InChI is InChI=1S/C25H24FN3O3/c1-2-16-28(19-8-4-3-5-9-19)23(30)17-32-25(31)24-21-10-6-7-11-22(21)29(27-24)20-14-12-18(26)13-15-20/h2-5,8-9,12-15H,1,6-7,10-11,16-17H2. The number of anilines is 1. The van der Waals surface area contributed by atoms with Gasteiger partial charge in [0.15, 0.2) is 12.3 Å². The van der Waals surface area contributed by atoms with Crippen molar-refractivity contribution in [1.29, 1.82) is 0 Å². The molecule has 0 atom stereocenters. The molecular formula is C25H24FN3O3. The van der Waals surface area contributed by atoms with Gasteiger partial charge in [0.05, 0.1) is 5.69 Å². The fraction of sp³-hybridized carbons (Fsp3) is 0.240. The smallest absolute Gasteiger partial charge is 0.359 e. The molecule has 0 fully saturated rings. The molecule has 6 nitrogen and oxygen atoms in total. The normalized spacial score (nSPS) is 12.7. The number of aromatic nitrogens is 2. The summed E-state index contributed by atoms with van der Waals surface area (Å²) < 4.78 is 20.4. The van der Waals surface area contributed by atoms with Crippen molar-refractivity contribution >= 4 is 17.6 Å². The van der Waals surface area contributed by atoms with Gasteiger partial charge in [-0.15, -0.1) is 6.58 Å². The zero-order valence-electron chi connectivity index (χ0n) is 17.7. The molecule has 0 saturated heterocycles. The van der Waals surface area contributed by atoms with Gasteiger partial charge in [-0.25, -0.2) is 13.9 Å². The van der Waals surface area contributed by atoms with E-state index >= 15 is 0 Å². The summed E-state index contributed by atoms with van der Waals surface area (Å²) in [5, 5.41) is 4.49. The van der Waals surface area contributed by atoms with E-state index in [1.807, 2.05) is 30.3 Å². The lowest BCUT2D eigenvalue weighted by molar-refractivity contribution is -0.121. The molecule has 7 heteroatoms. The summed E-state index contributed by atoms with van der Waals surface area (Å²) in [5.41, 5.74) is 3.36. The van der Waals surface area contributed by atoms with Gasteiger partial charge in [-0.1, -0.05) is 24.3 Å². The highest BCUT2D eigenvalue weighted by Gasteiger charge is 2.27. The molecule has 32 heavy (non-hydrogen) atoms. The average Bonchev–Trinajstić information content (AvgIpc) is 3.22. The van der Waals surface area contributed by atoms with Crippen molar-refractivity contribution in [2.24, 2.45) is 0 Å². The van der Waals surface area contributed by atoms with E-state index in [1.165, 1.54) is 17.0 Å². The van der Waals surface area contributed by atoms with Crippen molar-refractivity contribution in [2.45, 2.75) is 25.7 Å². The average molecular weight is 433 g/mol. The molecule has 0 aliphatic heterocycles. The van der Waals surface area contributed by atoms with Crippen molar-refractivity contribution in [1.82, 2.24) is 9.78 Å². The van der Waals surface area contributed by atoms with Crippen LogP contribution in [0.15, 0.2) is 67.3 Å². The van der Waals surface area contributed by atoms with Gasteiger partial charge in [0.2, 0.25) is 0 Å². The second-order valence-electron chi connectivity index (χ2n) is 7.57. The summed E-state index contributed by atoms with van der Waals surface area (Å²) >= 11 is 0. The Kier molecular flexibility index (Phi) is 6.44. The predicted molar refractivity (Wildman–Crippen MR) is 119 cm³/mol. The monoisotopic (exact) mass is 433 g/mol. The maximum Gasteiger partial charge on any atom is 0.359 e. The van der Waals surface area contributed by atoms with Crippen LogP contribution in [-0.4, -0.2) is 34.8 Å². The van der Waals surface area contributed by atoms with E-state index in [9.17, 15) is 14.0 Å². The maximum absolute atomic E-state index is 13.3. The minimum atomic E-state index is -0.635. The number of hydrogen-bond acceptors (Lipinski definition) is 4. The van der Waals surface area contributed by atoms with Gasteiger partial charge >= 0.3 is 5.97 Å². The highest BCUT2D eigenvalue weighted by molar-refractivity contribution is 5.97. The molecule has 2 aromatic carbocycles. The van der Waals surface area contributed by atoms with Crippen LogP contribution < -0.4 is 4.90 Å². The molecule has 0 radical (unpaired) electrons. The van der Waals surface area contributed by atoms with Crippen molar-refractivity contribution < 1.29 is 18.7 Å². The maximum atomic E-state index is 13.3. The van der Waals surface area contributed by atoms with Crippen molar-refractivity contribution in [2.75, 3.05) is 18.1 Å². The summed E-state index contributed by atoms with van der Waals surface area (Å²) in [6, 6.07) is 15.1. The van der Waals surface area contributed by atoms with E-state index in [4.69, 9.17) is 4.74 Å². The van der Waals surface area contributed by atoms with E-state index in [0.717, 1.165) is 30.5 Å². The summed E-state index contributed by atoms with van der Waals surface area (Å²) in [4.78, 5) is 27.2. The number of carbonyl (C=O) groups excluding carboxylic acids is 2. The van der Waals surface area contributed by atoms with Gasteiger partial charge in [0, 0.05) is 23.5 Å². The largest absolute Gasteiger partial charge is 0.451 e. The number of ether oxygens (including phenoxy) is 1.